The SMILES string of the molecule is C=CCOc1c(Br)cc(/C=N\NC(=O)CN(c2cc(Cl)ccc2OC)S(C)(=O)=O)cc1OC. The Morgan fingerprint density at radius 1 is 1.24 bits per heavy atom. The third kappa shape index (κ3) is 7.37. The van der Waals surface area contributed by atoms with E-state index in [9.17, 15) is 13.2 Å². The van der Waals surface area contributed by atoms with E-state index in [1.54, 1.807) is 24.3 Å². The van der Waals surface area contributed by atoms with Gasteiger partial charge in [-0.1, -0.05) is 24.3 Å². The van der Waals surface area contributed by atoms with Gasteiger partial charge in [-0.3, -0.25) is 9.10 Å². The Morgan fingerprint density at radius 3 is 2.55 bits per heavy atom. The van der Waals surface area contributed by atoms with E-state index in [0.29, 0.717) is 28.1 Å². The van der Waals surface area contributed by atoms with Crippen LogP contribution in [0.4, 0.5) is 5.69 Å². The number of hydrogen-bond donors (Lipinski definition) is 1. The van der Waals surface area contributed by atoms with Gasteiger partial charge in [0.25, 0.3) is 5.91 Å². The second-order valence-electron chi connectivity index (χ2n) is 6.51. The Balaban J connectivity index is 2.19. The third-order valence-electron chi connectivity index (χ3n) is 4.10. The number of rotatable bonds is 11. The van der Waals surface area contributed by atoms with Gasteiger partial charge < -0.3 is 14.2 Å². The highest BCUT2D eigenvalue weighted by Gasteiger charge is 2.24. The highest BCUT2D eigenvalue weighted by atomic mass is 79.9. The monoisotopic (exact) mass is 559 g/mol. The van der Waals surface area contributed by atoms with E-state index < -0.39 is 22.5 Å². The first-order valence-electron chi connectivity index (χ1n) is 9.35. The Morgan fingerprint density at radius 2 is 1.94 bits per heavy atom. The maximum absolute atomic E-state index is 12.4. The average molecular weight is 561 g/mol. The molecule has 0 aliphatic heterocycles. The van der Waals surface area contributed by atoms with E-state index in [1.165, 1.54) is 32.6 Å². The minimum atomic E-state index is -3.83. The number of halogens is 2. The lowest BCUT2D eigenvalue weighted by molar-refractivity contribution is -0.119. The molecule has 0 saturated heterocycles. The molecule has 0 unspecified atom stereocenters. The van der Waals surface area contributed by atoms with Gasteiger partial charge in [0.05, 0.1) is 36.9 Å². The van der Waals surface area contributed by atoms with Crippen molar-refractivity contribution >= 4 is 55.4 Å². The van der Waals surface area contributed by atoms with Crippen molar-refractivity contribution in [3.63, 3.8) is 0 Å². The summed E-state index contributed by atoms with van der Waals surface area (Å²) in [6, 6.07) is 7.85. The number of carbonyl (C=O) groups excluding carboxylic acids is 1. The summed E-state index contributed by atoms with van der Waals surface area (Å²) in [7, 11) is -0.947. The first-order valence-corrected chi connectivity index (χ1v) is 12.4. The zero-order valence-electron chi connectivity index (χ0n) is 18.2. The van der Waals surface area contributed by atoms with E-state index in [-0.39, 0.29) is 16.5 Å². The Bertz CT molecular complexity index is 1160. The average Bonchev–Trinajstić information content (AvgIpc) is 2.75. The van der Waals surface area contributed by atoms with Crippen molar-refractivity contribution in [3.8, 4) is 17.2 Å². The van der Waals surface area contributed by atoms with Gasteiger partial charge in [0.2, 0.25) is 10.0 Å². The van der Waals surface area contributed by atoms with Gasteiger partial charge in [0.1, 0.15) is 18.9 Å². The number of benzene rings is 2. The van der Waals surface area contributed by atoms with Crippen molar-refractivity contribution in [1.29, 1.82) is 0 Å². The van der Waals surface area contributed by atoms with Crippen LogP contribution in [0.3, 0.4) is 0 Å². The quantitative estimate of drug-likeness (QED) is 0.256. The van der Waals surface area contributed by atoms with Gasteiger partial charge in [-0.2, -0.15) is 5.10 Å². The van der Waals surface area contributed by atoms with Gasteiger partial charge in [0.15, 0.2) is 11.5 Å². The van der Waals surface area contributed by atoms with Crippen LogP contribution in [-0.4, -0.2) is 54.2 Å². The molecule has 12 heteroatoms. The maximum atomic E-state index is 12.4. The minimum absolute atomic E-state index is 0.135. The summed E-state index contributed by atoms with van der Waals surface area (Å²) in [6.45, 7) is 3.37. The third-order valence-corrected chi connectivity index (χ3v) is 6.05. The fourth-order valence-corrected chi connectivity index (χ4v) is 4.27. The maximum Gasteiger partial charge on any atom is 0.260 e. The molecule has 0 aliphatic rings. The Hall–Kier alpha value is -2.76. The van der Waals surface area contributed by atoms with Crippen LogP contribution in [0, 0.1) is 0 Å². The number of hydrazone groups is 1. The van der Waals surface area contributed by atoms with E-state index in [0.717, 1.165) is 10.6 Å². The van der Waals surface area contributed by atoms with Crippen molar-refractivity contribution in [2.24, 2.45) is 5.10 Å². The molecule has 0 aromatic heterocycles. The number of sulfonamides is 1. The van der Waals surface area contributed by atoms with E-state index in [4.69, 9.17) is 25.8 Å². The van der Waals surface area contributed by atoms with Crippen LogP contribution in [-0.2, 0) is 14.8 Å². The number of anilines is 1. The molecule has 0 atom stereocenters. The summed E-state index contributed by atoms with van der Waals surface area (Å²) in [4.78, 5) is 12.4. The molecule has 0 fully saturated rings. The topological polar surface area (TPSA) is 107 Å². The van der Waals surface area contributed by atoms with Crippen LogP contribution in [0.2, 0.25) is 5.02 Å². The number of hydrogen-bond acceptors (Lipinski definition) is 7. The molecule has 2 aromatic carbocycles. The summed E-state index contributed by atoms with van der Waals surface area (Å²) in [5.74, 6) is 0.528. The second-order valence-corrected chi connectivity index (χ2v) is 9.71. The summed E-state index contributed by atoms with van der Waals surface area (Å²) < 4.78 is 42.3. The lowest BCUT2D eigenvalue weighted by atomic mass is 10.2. The molecule has 0 spiro atoms. The zero-order valence-corrected chi connectivity index (χ0v) is 21.3. The van der Waals surface area contributed by atoms with Gasteiger partial charge in [-0.15, -0.1) is 0 Å². The number of nitrogens with zero attached hydrogens (tertiary/aromatic N) is 2. The second kappa shape index (κ2) is 11.9. The molecule has 0 radical (unpaired) electrons. The predicted molar refractivity (Wildman–Crippen MR) is 132 cm³/mol. The Labute approximate surface area is 206 Å². The van der Waals surface area contributed by atoms with Gasteiger partial charge in [-0.25, -0.2) is 13.8 Å². The molecule has 2 rings (SSSR count). The molecule has 178 valence electrons. The summed E-state index contributed by atoms with van der Waals surface area (Å²) in [5.41, 5.74) is 3.04. The van der Waals surface area contributed by atoms with Crippen molar-refractivity contribution in [2.45, 2.75) is 0 Å². The first-order chi connectivity index (χ1) is 15.6. The molecule has 33 heavy (non-hydrogen) atoms. The molecule has 0 aliphatic carbocycles. The molecule has 1 amide bonds. The normalized spacial score (nSPS) is 11.2. The zero-order chi connectivity index (χ0) is 24.6. The highest BCUT2D eigenvalue weighted by Crippen LogP contribution is 2.36. The van der Waals surface area contributed by atoms with Crippen LogP contribution in [0.15, 0.2) is 52.6 Å². The minimum Gasteiger partial charge on any atom is -0.495 e. The van der Waals surface area contributed by atoms with Gasteiger partial charge in [-0.05, 0) is 51.8 Å². The molecular weight excluding hydrogens is 538 g/mol. The number of methoxy groups -OCH3 is 2. The summed E-state index contributed by atoms with van der Waals surface area (Å²) in [5, 5.41) is 4.19. The fraction of sp³-hybridized carbons (Fsp3) is 0.238. The molecule has 0 bridgehead atoms. The smallest absolute Gasteiger partial charge is 0.260 e. The van der Waals surface area contributed by atoms with Crippen LogP contribution >= 0.6 is 27.5 Å². The summed E-state index contributed by atoms with van der Waals surface area (Å²) >= 11 is 9.41. The lowest BCUT2D eigenvalue weighted by Gasteiger charge is -2.23. The van der Waals surface area contributed by atoms with Gasteiger partial charge >= 0.3 is 0 Å². The first kappa shape index (κ1) is 26.5. The van der Waals surface area contributed by atoms with E-state index in [2.05, 4.69) is 33.0 Å². The number of nitrogens with one attached hydrogen (secondary N) is 1. The molecule has 9 nitrogen and oxygen atoms in total. The lowest BCUT2D eigenvalue weighted by Crippen LogP contribution is -2.39. The van der Waals surface area contributed by atoms with Crippen molar-refractivity contribution in [1.82, 2.24) is 5.43 Å². The predicted octanol–water partition coefficient (Wildman–Crippen LogP) is 3.60. The van der Waals surface area contributed by atoms with Crippen LogP contribution in [0.25, 0.3) is 0 Å². The van der Waals surface area contributed by atoms with Crippen LogP contribution in [0.1, 0.15) is 5.56 Å². The molecule has 0 heterocycles. The highest BCUT2D eigenvalue weighted by molar-refractivity contribution is 9.10. The molecular formula is C21H23BrClN3O6S. The van der Waals surface area contributed by atoms with Crippen molar-refractivity contribution < 1.29 is 27.4 Å². The van der Waals surface area contributed by atoms with E-state index in [1.807, 2.05) is 0 Å². The summed E-state index contributed by atoms with van der Waals surface area (Å²) in [6.07, 6.45) is 3.96. The van der Waals surface area contributed by atoms with E-state index >= 15 is 0 Å². The molecule has 1 N–H and O–H groups in total. The Kier molecular flexibility index (Phi) is 9.56. The van der Waals surface area contributed by atoms with Crippen molar-refractivity contribution in [3.05, 3.63) is 58.0 Å². The van der Waals surface area contributed by atoms with Crippen LogP contribution < -0.4 is 23.9 Å². The fourth-order valence-electron chi connectivity index (χ4n) is 2.68. The number of ether oxygens (including phenoxy) is 3. The standard InChI is InChI=1S/C21H23BrClN3O6S/c1-5-8-32-21-16(22)9-14(10-19(21)31-3)12-24-25-20(27)13-26(33(4,28)29)17-11-15(23)6-7-18(17)30-2/h5-7,9-12H,1,8,13H2,2-4H3,(H,25,27)/b24-12-. The van der Waals surface area contributed by atoms with Crippen LogP contribution in [0.5, 0.6) is 17.2 Å². The molecule has 0 saturated carbocycles. The van der Waals surface area contributed by atoms with Gasteiger partial charge in [0, 0.05) is 5.02 Å². The number of amides is 1. The number of carbonyl (C=O) groups is 1. The van der Waals surface area contributed by atoms with Crippen molar-refractivity contribution in [2.75, 3.05) is 37.9 Å². The molecule has 2 aromatic rings. The largest absolute Gasteiger partial charge is 0.495 e.